The van der Waals surface area contributed by atoms with Crippen molar-refractivity contribution in [1.29, 1.82) is 0 Å². The average molecular weight is 734 g/mol. The van der Waals surface area contributed by atoms with Crippen molar-refractivity contribution in [1.82, 2.24) is 25.6 Å². The summed E-state index contributed by atoms with van der Waals surface area (Å²) in [7, 11) is 0. The van der Waals surface area contributed by atoms with Crippen molar-refractivity contribution in [3.63, 3.8) is 0 Å². The van der Waals surface area contributed by atoms with E-state index < -0.39 is 53.4 Å². The van der Waals surface area contributed by atoms with E-state index in [0.717, 1.165) is 42.1 Å². The summed E-state index contributed by atoms with van der Waals surface area (Å²) < 4.78 is 109. The molecule has 0 radical (unpaired) electrons. The number of nitrogens with one attached hydrogen (secondary N) is 2. The summed E-state index contributed by atoms with van der Waals surface area (Å²) in [6, 6.07) is 12.2. The first-order chi connectivity index (χ1) is 22.9. The number of carbonyl (C=O) groups is 2. The van der Waals surface area contributed by atoms with Gasteiger partial charge >= 0.3 is 24.5 Å². The number of amides is 3. The van der Waals surface area contributed by atoms with E-state index in [0.29, 0.717) is 21.7 Å². The fourth-order valence-corrected chi connectivity index (χ4v) is 5.32. The van der Waals surface area contributed by atoms with Crippen molar-refractivity contribution in [2.24, 2.45) is 4.99 Å². The third-order valence-electron chi connectivity index (χ3n) is 6.70. The number of benzene rings is 3. The molecule has 0 aliphatic carbocycles. The number of nitrogens with zero attached hydrogens (tertiary/aromatic N) is 5. The fourth-order valence-electron chi connectivity index (χ4n) is 4.29. The highest BCUT2D eigenvalue weighted by molar-refractivity contribution is 8.15. The highest BCUT2D eigenvalue weighted by atomic mass is 35.5. The number of aliphatic imine (C=N–C) groups is 1. The molecule has 4 aromatic rings. The Balaban J connectivity index is 1.20. The van der Waals surface area contributed by atoms with E-state index in [2.05, 4.69) is 30.7 Å². The van der Waals surface area contributed by atoms with Gasteiger partial charge in [-0.1, -0.05) is 47.6 Å². The number of carbonyl (C=O) groups excluding carboxylic acids is 2. The fraction of sp³-hybridized carbons (Fsp3) is 0.207. The van der Waals surface area contributed by atoms with E-state index in [4.69, 9.17) is 11.6 Å². The number of amidine groups is 1. The lowest BCUT2D eigenvalue weighted by Crippen LogP contribution is -2.41. The molecule has 0 spiro atoms. The van der Waals surface area contributed by atoms with Crippen LogP contribution < -0.4 is 20.5 Å². The second-order valence-corrected chi connectivity index (χ2v) is 11.5. The summed E-state index contributed by atoms with van der Waals surface area (Å²) >= 11 is 6.68. The molecule has 1 aliphatic rings. The van der Waals surface area contributed by atoms with Gasteiger partial charge in [-0.15, -0.1) is 5.10 Å². The zero-order chi connectivity index (χ0) is 35.7. The van der Waals surface area contributed by atoms with Gasteiger partial charge in [-0.05, 0) is 55.0 Å². The number of anilines is 1. The van der Waals surface area contributed by atoms with E-state index in [1.165, 1.54) is 23.1 Å². The molecule has 1 aromatic heterocycles. The number of rotatable bonds is 8. The van der Waals surface area contributed by atoms with Crippen LogP contribution in [0.5, 0.6) is 5.75 Å². The molecular weight excluding hydrogens is 714 g/mol. The van der Waals surface area contributed by atoms with Crippen LogP contribution in [0.15, 0.2) is 78.0 Å². The highest BCUT2D eigenvalue weighted by Gasteiger charge is 2.61. The first-order valence-electron chi connectivity index (χ1n) is 13.7. The monoisotopic (exact) mass is 733 g/mol. The van der Waals surface area contributed by atoms with Crippen molar-refractivity contribution >= 4 is 46.2 Å². The van der Waals surface area contributed by atoms with Gasteiger partial charge < -0.3 is 4.74 Å². The molecule has 20 heteroatoms. The van der Waals surface area contributed by atoms with Crippen LogP contribution in [-0.4, -0.2) is 49.9 Å². The molecule has 0 bridgehead atoms. The number of hydrazine groups is 1. The summed E-state index contributed by atoms with van der Waals surface area (Å²) in [4.78, 5) is 33.7. The summed E-state index contributed by atoms with van der Waals surface area (Å²) in [5, 5.41) is 3.96. The minimum atomic E-state index is -5.88. The van der Waals surface area contributed by atoms with E-state index in [9.17, 15) is 44.7 Å². The highest BCUT2D eigenvalue weighted by Crippen LogP contribution is 2.41. The van der Waals surface area contributed by atoms with Crippen LogP contribution in [0.3, 0.4) is 0 Å². The van der Waals surface area contributed by atoms with Crippen LogP contribution in [0.25, 0.3) is 17.1 Å². The van der Waals surface area contributed by atoms with E-state index in [-0.39, 0.29) is 21.8 Å². The molecule has 5 rings (SSSR count). The molecule has 3 amide bonds. The molecule has 49 heavy (non-hydrogen) atoms. The summed E-state index contributed by atoms with van der Waals surface area (Å²) in [6.45, 7) is 1.69. The van der Waals surface area contributed by atoms with Crippen LogP contribution in [0.2, 0.25) is 5.02 Å². The van der Waals surface area contributed by atoms with Crippen molar-refractivity contribution in [2.75, 3.05) is 10.7 Å². The molecule has 1 atom stereocenters. The summed E-state index contributed by atoms with van der Waals surface area (Å²) in [5.74, 6) is -1.42. The SMILES string of the molecule is CC(NNC(=O)N=C1SCC(=O)N1c1cc(Cl)ccc1C(F)(F)F)c1ccc(-c2ncn(-c3ccc(OC(F)(F)C(F)(F)F)cc3)n2)cc1. The normalized spacial score (nSPS) is 15.5. The molecule has 258 valence electrons. The van der Waals surface area contributed by atoms with Gasteiger partial charge in [0.05, 0.1) is 22.7 Å². The maximum absolute atomic E-state index is 13.6. The van der Waals surface area contributed by atoms with Crippen molar-refractivity contribution < 1.29 is 49.4 Å². The maximum atomic E-state index is 13.6. The van der Waals surface area contributed by atoms with Crippen LogP contribution >= 0.6 is 23.4 Å². The number of hydrogen-bond donors (Lipinski definition) is 2. The lowest BCUT2D eigenvalue weighted by molar-refractivity contribution is -0.360. The molecular formula is C29H20ClF8N7O3S. The Morgan fingerprint density at radius 1 is 1.00 bits per heavy atom. The molecule has 0 saturated carbocycles. The lowest BCUT2D eigenvalue weighted by Gasteiger charge is -2.21. The quantitative estimate of drug-likeness (QED) is 0.142. The minimum Gasteiger partial charge on any atom is -0.426 e. The molecule has 1 aliphatic heterocycles. The van der Waals surface area contributed by atoms with Crippen LogP contribution in [0.4, 0.5) is 45.6 Å². The van der Waals surface area contributed by atoms with Gasteiger partial charge in [-0.25, -0.2) is 19.9 Å². The summed E-state index contributed by atoms with van der Waals surface area (Å²) in [5.41, 5.74) is 4.89. The first-order valence-corrected chi connectivity index (χ1v) is 15.0. The number of aromatic nitrogens is 3. The zero-order valence-corrected chi connectivity index (χ0v) is 26.1. The number of thioether (sulfide) groups is 1. The third kappa shape index (κ3) is 8.11. The number of halogens is 9. The van der Waals surface area contributed by atoms with Crippen LogP contribution in [0, 0.1) is 0 Å². The Morgan fingerprint density at radius 2 is 1.67 bits per heavy atom. The third-order valence-corrected chi connectivity index (χ3v) is 7.86. The van der Waals surface area contributed by atoms with Gasteiger partial charge in [0.15, 0.2) is 11.0 Å². The Labute approximate surface area is 280 Å². The standard InChI is InChI=1S/C29H20ClF8N7O3S/c1-15(41-42-25(47)40-26-45(23(46)13-49-26)22-12-18(30)6-11-21(22)27(31,32)33)16-2-4-17(5-3-16)24-39-14-44(43-24)19-7-9-20(10-8-19)48-29(37,38)28(34,35)36/h2-12,14-15,41H,13H2,1H3,(H,42,47). The molecule has 10 nitrogen and oxygen atoms in total. The molecule has 2 heterocycles. The Hall–Kier alpha value is -4.75. The molecule has 1 unspecified atom stereocenters. The Bertz CT molecular complexity index is 1880. The Kier molecular flexibility index (Phi) is 9.89. The Morgan fingerprint density at radius 3 is 2.31 bits per heavy atom. The van der Waals surface area contributed by atoms with Gasteiger partial charge in [0, 0.05) is 16.6 Å². The molecule has 2 N–H and O–H groups in total. The van der Waals surface area contributed by atoms with Crippen molar-refractivity contribution in [2.45, 2.75) is 31.4 Å². The largest absolute Gasteiger partial charge is 0.499 e. The number of urea groups is 1. The van der Waals surface area contributed by atoms with Gasteiger partial charge in [0.1, 0.15) is 12.1 Å². The predicted octanol–water partition coefficient (Wildman–Crippen LogP) is 7.55. The van der Waals surface area contributed by atoms with Gasteiger partial charge in [-0.2, -0.15) is 40.1 Å². The summed E-state index contributed by atoms with van der Waals surface area (Å²) in [6.07, 6.45) is -14.7. The van der Waals surface area contributed by atoms with Crippen molar-refractivity contribution in [3.8, 4) is 22.8 Å². The predicted molar refractivity (Wildman–Crippen MR) is 162 cm³/mol. The van der Waals surface area contributed by atoms with Crippen molar-refractivity contribution in [3.05, 3.63) is 89.2 Å². The lowest BCUT2D eigenvalue weighted by atomic mass is 10.1. The van der Waals surface area contributed by atoms with E-state index >= 15 is 0 Å². The molecule has 3 aromatic carbocycles. The van der Waals surface area contributed by atoms with E-state index in [1.54, 1.807) is 31.2 Å². The minimum absolute atomic E-state index is 0.0508. The number of hydrogen-bond acceptors (Lipinski definition) is 7. The van der Waals surface area contributed by atoms with Gasteiger partial charge in [0.2, 0.25) is 5.91 Å². The average Bonchev–Trinajstić information content (AvgIpc) is 3.66. The topological polar surface area (TPSA) is 114 Å². The van der Waals surface area contributed by atoms with Crippen LogP contribution in [0.1, 0.15) is 24.1 Å². The first kappa shape index (κ1) is 35.6. The van der Waals surface area contributed by atoms with Crippen LogP contribution in [-0.2, 0) is 11.0 Å². The molecule has 1 fully saturated rings. The second-order valence-electron chi connectivity index (χ2n) is 10.1. The smallest absolute Gasteiger partial charge is 0.426 e. The second kappa shape index (κ2) is 13.6. The number of ether oxygens (including phenoxy) is 1. The molecule has 1 saturated heterocycles. The van der Waals surface area contributed by atoms with E-state index in [1.807, 2.05) is 0 Å². The number of alkyl halides is 8. The van der Waals surface area contributed by atoms with Gasteiger partial charge in [0.25, 0.3) is 0 Å². The zero-order valence-electron chi connectivity index (χ0n) is 24.5. The van der Waals surface area contributed by atoms with Gasteiger partial charge in [-0.3, -0.25) is 15.1 Å². The maximum Gasteiger partial charge on any atom is 0.499 e.